The van der Waals surface area contributed by atoms with Gasteiger partial charge in [0.25, 0.3) is 0 Å². The molecule has 0 spiro atoms. The van der Waals surface area contributed by atoms with Crippen molar-refractivity contribution in [3.8, 4) is 28.3 Å². The van der Waals surface area contributed by atoms with Crippen LogP contribution in [0.5, 0.6) is 5.75 Å². The van der Waals surface area contributed by atoms with Gasteiger partial charge in [-0.2, -0.15) is 5.10 Å². The third kappa shape index (κ3) is 2.23. The molecule has 3 N–H and O–H groups in total. The Balaban J connectivity index is 2.00. The van der Waals surface area contributed by atoms with E-state index < -0.39 is 0 Å². The van der Waals surface area contributed by atoms with Gasteiger partial charge >= 0.3 is 0 Å². The first kappa shape index (κ1) is 12.3. The molecule has 0 aliphatic carbocycles. The average molecular weight is 265 g/mol. The van der Waals surface area contributed by atoms with E-state index in [1.807, 2.05) is 54.6 Å². The van der Waals surface area contributed by atoms with Crippen LogP contribution in [0.15, 0.2) is 54.6 Å². The number of nitrogens with two attached hydrogens (primary N) is 1. The van der Waals surface area contributed by atoms with Crippen molar-refractivity contribution in [2.24, 2.45) is 0 Å². The van der Waals surface area contributed by atoms with Crippen LogP contribution in [0, 0.1) is 0 Å². The maximum Gasteiger partial charge on any atom is 0.128 e. The Morgan fingerprint density at radius 2 is 1.80 bits per heavy atom. The van der Waals surface area contributed by atoms with Crippen LogP contribution in [0.4, 0.5) is 5.69 Å². The van der Waals surface area contributed by atoms with Crippen molar-refractivity contribution in [3.05, 3.63) is 54.6 Å². The predicted octanol–water partition coefficient (Wildman–Crippen LogP) is 3.33. The van der Waals surface area contributed by atoms with Gasteiger partial charge in [0.1, 0.15) is 5.75 Å². The van der Waals surface area contributed by atoms with Crippen LogP contribution in [0.25, 0.3) is 22.5 Å². The number of methoxy groups -OCH3 is 1. The lowest BCUT2D eigenvalue weighted by molar-refractivity contribution is 0.416. The normalized spacial score (nSPS) is 10.4. The quantitative estimate of drug-likeness (QED) is 0.714. The molecule has 0 unspecified atom stereocenters. The highest BCUT2D eigenvalue weighted by molar-refractivity contribution is 5.72. The van der Waals surface area contributed by atoms with Crippen LogP contribution < -0.4 is 10.5 Å². The highest BCUT2D eigenvalue weighted by Crippen LogP contribution is 2.30. The molecule has 1 aromatic heterocycles. The first-order chi connectivity index (χ1) is 9.78. The van der Waals surface area contributed by atoms with E-state index in [9.17, 15) is 0 Å². The number of nitrogen functional groups attached to an aromatic ring is 1. The van der Waals surface area contributed by atoms with Crippen molar-refractivity contribution >= 4 is 5.69 Å². The second-order valence-corrected chi connectivity index (χ2v) is 4.49. The number of aromatic nitrogens is 2. The summed E-state index contributed by atoms with van der Waals surface area (Å²) in [5.74, 6) is 0.819. The molecule has 3 aromatic rings. The Bertz CT molecular complexity index is 717. The summed E-state index contributed by atoms with van der Waals surface area (Å²) < 4.78 is 5.37. The standard InChI is InChI=1S/C16H15N3O/c1-20-16-5-3-2-4-13(16)15-10-14(18-19-15)11-6-8-12(17)9-7-11/h2-10H,17H2,1H3,(H,18,19). The lowest BCUT2D eigenvalue weighted by Crippen LogP contribution is -1.87. The van der Waals surface area contributed by atoms with Gasteiger partial charge < -0.3 is 10.5 Å². The molecule has 100 valence electrons. The maximum atomic E-state index is 5.69. The Morgan fingerprint density at radius 3 is 2.55 bits per heavy atom. The van der Waals surface area contributed by atoms with Gasteiger partial charge in [-0.05, 0) is 30.3 Å². The second-order valence-electron chi connectivity index (χ2n) is 4.49. The van der Waals surface area contributed by atoms with E-state index in [-0.39, 0.29) is 0 Å². The summed E-state index contributed by atoms with van der Waals surface area (Å²) in [4.78, 5) is 0. The van der Waals surface area contributed by atoms with Gasteiger partial charge in [0.05, 0.1) is 18.5 Å². The molecule has 0 aliphatic heterocycles. The summed E-state index contributed by atoms with van der Waals surface area (Å²) >= 11 is 0. The first-order valence-electron chi connectivity index (χ1n) is 6.32. The predicted molar refractivity (Wildman–Crippen MR) is 80.4 cm³/mol. The van der Waals surface area contributed by atoms with Crippen molar-refractivity contribution in [2.75, 3.05) is 12.8 Å². The summed E-state index contributed by atoms with van der Waals surface area (Å²) in [6.45, 7) is 0. The third-order valence-corrected chi connectivity index (χ3v) is 3.18. The Morgan fingerprint density at radius 1 is 1.05 bits per heavy atom. The Kier molecular flexibility index (Phi) is 3.13. The van der Waals surface area contributed by atoms with E-state index in [1.54, 1.807) is 7.11 Å². The fourth-order valence-corrected chi connectivity index (χ4v) is 2.13. The monoisotopic (exact) mass is 265 g/mol. The van der Waals surface area contributed by atoms with E-state index in [2.05, 4.69) is 10.2 Å². The zero-order chi connectivity index (χ0) is 13.9. The SMILES string of the molecule is COc1ccccc1-c1cc(-c2ccc(N)cc2)n[nH]1. The number of aromatic amines is 1. The number of benzene rings is 2. The molecule has 0 amide bonds. The summed E-state index contributed by atoms with van der Waals surface area (Å²) in [5, 5.41) is 7.40. The number of para-hydroxylation sites is 1. The van der Waals surface area contributed by atoms with Crippen molar-refractivity contribution < 1.29 is 4.74 Å². The molecule has 1 heterocycles. The minimum Gasteiger partial charge on any atom is -0.496 e. The van der Waals surface area contributed by atoms with E-state index in [1.165, 1.54) is 0 Å². The molecule has 0 bridgehead atoms. The lowest BCUT2D eigenvalue weighted by Gasteiger charge is -2.05. The number of nitrogens with zero attached hydrogens (tertiary/aromatic N) is 1. The Hall–Kier alpha value is -2.75. The van der Waals surface area contributed by atoms with E-state index in [4.69, 9.17) is 10.5 Å². The topological polar surface area (TPSA) is 63.9 Å². The van der Waals surface area contributed by atoms with E-state index in [0.717, 1.165) is 34.0 Å². The number of hydrogen-bond acceptors (Lipinski definition) is 3. The van der Waals surface area contributed by atoms with E-state index in [0.29, 0.717) is 0 Å². The molecule has 0 aliphatic rings. The van der Waals surface area contributed by atoms with Crippen LogP contribution >= 0.6 is 0 Å². The van der Waals surface area contributed by atoms with Crippen molar-refractivity contribution in [3.63, 3.8) is 0 Å². The van der Waals surface area contributed by atoms with Gasteiger partial charge in [-0.25, -0.2) is 0 Å². The molecule has 0 atom stereocenters. The summed E-state index contributed by atoms with van der Waals surface area (Å²) in [5.41, 5.74) is 10.3. The molecule has 20 heavy (non-hydrogen) atoms. The fraction of sp³-hybridized carbons (Fsp3) is 0.0625. The molecular formula is C16H15N3O. The van der Waals surface area contributed by atoms with E-state index >= 15 is 0 Å². The van der Waals surface area contributed by atoms with Crippen molar-refractivity contribution in [2.45, 2.75) is 0 Å². The molecule has 0 fully saturated rings. The van der Waals surface area contributed by atoms with Gasteiger partial charge in [-0.3, -0.25) is 5.10 Å². The molecule has 2 aromatic carbocycles. The lowest BCUT2D eigenvalue weighted by atomic mass is 10.1. The highest BCUT2D eigenvalue weighted by atomic mass is 16.5. The van der Waals surface area contributed by atoms with Crippen molar-refractivity contribution in [1.29, 1.82) is 0 Å². The second kappa shape index (κ2) is 5.09. The van der Waals surface area contributed by atoms with Gasteiger partial charge in [0, 0.05) is 16.8 Å². The summed E-state index contributed by atoms with van der Waals surface area (Å²) in [6.07, 6.45) is 0. The maximum absolute atomic E-state index is 5.69. The van der Waals surface area contributed by atoms with Crippen LogP contribution in [0.3, 0.4) is 0 Å². The van der Waals surface area contributed by atoms with Crippen molar-refractivity contribution in [1.82, 2.24) is 10.2 Å². The smallest absolute Gasteiger partial charge is 0.128 e. The van der Waals surface area contributed by atoms with Gasteiger partial charge in [-0.1, -0.05) is 24.3 Å². The largest absolute Gasteiger partial charge is 0.496 e. The first-order valence-corrected chi connectivity index (χ1v) is 6.32. The van der Waals surface area contributed by atoms with Gasteiger partial charge in [-0.15, -0.1) is 0 Å². The number of H-pyrrole nitrogens is 1. The highest BCUT2D eigenvalue weighted by Gasteiger charge is 2.09. The Labute approximate surface area is 117 Å². The van der Waals surface area contributed by atoms with Crippen LogP contribution in [-0.4, -0.2) is 17.3 Å². The number of nitrogens with one attached hydrogen (secondary N) is 1. The average Bonchev–Trinajstić information content (AvgIpc) is 2.97. The molecule has 3 rings (SSSR count). The van der Waals surface area contributed by atoms with Gasteiger partial charge in [0.2, 0.25) is 0 Å². The molecule has 0 saturated heterocycles. The fourth-order valence-electron chi connectivity index (χ4n) is 2.13. The number of hydrogen-bond donors (Lipinski definition) is 2. The van der Waals surface area contributed by atoms with Gasteiger partial charge in [0.15, 0.2) is 0 Å². The molecule has 0 saturated carbocycles. The van der Waals surface area contributed by atoms with Crippen LogP contribution in [-0.2, 0) is 0 Å². The number of rotatable bonds is 3. The zero-order valence-electron chi connectivity index (χ0n) is 11.1. The van der Waals surface area contributed by atoms with Crippen LogP contribution in [0.1, 0.15) is 0 Å². The summed E-state index contributed by atoms with van der Waals surface area (Å²) in [6, 6.07) is 17.5. The molecular weight excluding hydrogens is 250 g/mol. The molecule has 0 radical (unpaired) electrons. The zero-order valence-corrected chi connectivity index (χ0v) is 11.1. The van der Waals surface area contributed by atoms with Crippen LogP contribution in [0.2, 0.25) is 0 Å². The number of anilines is 1. The molecule has 4 heteroatoms. The minimum atomic E-state index is 0.745. The molecule has 4 nitrogen and oxygen atoms in total. The third-order valence-electron chi connectivity index (χ3n) is 3.18. The number of ether oxygens (including phenoxy) is 1. The minimum absolute atomic E-state index is 0.745. The summed E-state index contributed by atoms with van der Waals surface area (Å²) in [7, 11) is 1.66.